The lowest BCUT2D eigenvalue weighted by molar-refractivity contribution is -0.132. The number of piperidine rings is 1. The first-order chi connectivity index (χ1) is 15.2. The molecule has 1 aromatic rings. The molecule has 0 unspecified atom stereocenters. The van der Waals surface area contributed by atoms with E-state index in [0.29, 0.717) is 31.0 Å². The summed E-state index contributed by atoms with van der Waals surface area (Å²) in [5, 5.41) is 15.1. The molecular weight excluding hydrogens is 422 g/mol. The average molecular weight is 462 g/mol. The van der Waals surface area contributed by atoms with Gasteiger partial charge in [0.2, 0.25) is 5.91 Å². The van der Waals surface area contributed by atoms with E-state index >= 15 is 0 Å². The maximum absolute atomic E-state index is 13.2. The van der Waals surface area contributed by atoms with Gasteiger partial charge < -0.3 is 15.3 Å². The fraction of sp³-hybridized carbons (Fsp3) is 0.731. The second-order valence-corrected chi connectivity index (χ2v) is 11.7. The van der Waals surface area contributed by atoms with Gasteiger partial charge in [-0.25, -0.2) is 0 Å². The summed E-state index contributed by atoms with van der Waals surface area (Å²) in [4.78, 5) is 17.8. The van der Waals surface area contributed by atoms with Crippen molar-refractivity contribution in [3.63, 3.8) is 0 Å². The Morgan fingerprint density at radius 2 is 1.81 bits per heavy atom. The smallest absolute Gasteiger partial charge is 0.237 e. The Hall–Kier alpha value is -1.30. The van der Waals surface area contributed by atoms with E-state index in [4.69, 9.17) is 11.6 Å². The first kappa shape index (κ1) is 23.8. The number of nitrogens with zero attached hydrogens (tertiary/aromatic N) is 2. The number of likely N-dealkylation sites (tertiary alicyclic amines) is 1. The number of nitrogens with one attached hydrogen (secondary N) is 1. The zero-order chi connectivity index (χ0) is 22.9. The lowest BCUT2D eigenvalue weighted by Crippen LogP contribution is -2.59. The van der Waals surface area contributed by atoms with Crippen LogP contribution >= 0.6 is 11.6 Å². The van der Waals surface area contributed by atoms with Gasteiger partial charge in [0.1, 0.15) is 0 Å². The van der Waals surface area contributed by atoms with E-state index in [1.165, 1.54) is 38.5 Å². The summed E-state index contributed by atoms with van der Waals surface area (Å²) in [5.41, 5.74) is 0.867. The molecule has 1 amide bonds. The molecule has 1 heterocycles. The fourth-order valence-corrected chi connectivity index (χ4v) is 5.79. The molecule has 3 fully saturated rings. The van der Waals surface area contributed by atoms with Crippen LogP contribution in [0.5, 0.6) is 0 Å². The Balaban J connectivity index is 1.44. The molecule has 1 saturated heterocycles. The van der Waals surface area contributed by atoms with Crippen LogP contribution in [0.4, 0.5) is 5.69 Å². The van der Waals surface area contributed by atoms with Crippen molar-refractivity contribution in [1.82, 2.24) is 10.2 Å². The molecule has 178 valence electrons. The highest BCUT2D eigenvalue weighted by molar-refractivity contribution is 6.30. The van der Waals surface area contributed by atoms with Crippen LogP contribution < -0.4 is 10.2 Å². The van der Waals surface area contributed by atoms with E-state index in [2.05, 4.69) is 15.1 Å². The Kier molecular flexibility index (Phi) is 7.38. The van der Waals surface area contributed by atoms with E-state index in [1.54, 1.807) is 0 Å². The van der Waals surface area contributed by atoms with Crippen molar-refractivity contribution in [2.75, 3.05) is 24.5 Å². The number of β-amino-alcohol motifs (C(OH)–C–C–N with tert-alkyl or cyclic N) is 1. The molecule has 4 rings (SSSR count). The number of carbonyl (C=O) groups is 1. The van der Waals surface area contributed by atoms with Crippen molar-refractivity contribution >= 4 is 23.2 Å². The number of carbonyl (C=O) groups excluding carboxylic acids is 1. The lowest BCUT2D eigenvalue weighted by atomic mass is 9.72. The van der Waals surface area contributed by atoms with Gasteiger partial charge in [-0.3, -0.25) is 9.69 Å². The number of aliphatic hydroxyl groups is 1. The van der Waals surface area contributed by atoms with Gasteiger partial charge in [-0.15, -0.1) is 0 Å². The van der Waals surface area contributed by atoms with E-state index in [0.717, 1.165) is 23.7 Å². The van der Waals surface area contributed by atoms with Crippen molar-refractivity contribution in [3.05, 3.63) is 29.3 Å². The van der Waals surface area contributed by atoms with Crippen molar-refractivity contribution in [2.45, 2.75) is 89.4 Å². The molecule has 2 aliphatic carbocycles. The van der Waals surface area contributed by atoms with Gasteiger partial charge >= 0.3 is 0 Å². The number of benzene rings is 1. The molecule has 5 nitrogen and oxygen atoms in total. The predicted molar refractivity (Wildman–Crippen MR) is 131 cm³/mol. The average Bonchev–Trinajstić information content (AvgIpc) is 3.56. The Labute approximate surface area is 198 Å². The summed E-state index contributed by atoms with van der Waals surface area (Å²) in [6.07, 6.45) is 7.83. The van der Waals surface area contributed by atoms with Crippen LogP contribution in [0.15, 0.2) is 24.3 Å². The quantitative estimate of drug-likeness (QED) is 0.629. The first-order valence-electron chi connectivity index (χ1n) is 12.5. The van der Waals surface area contributed by atoms with Crippen LogP contribution in [0, 0.1) is 11.8 Å². The molecule has 3 aliphatic rings. The first-order valence-corrected chi connectivity index (χ1v) is 12.8. The van der Waals surface area contributed by atoms with E-state index < -0.39 is 6.10 Å². The van der Waals surface area contributed by atoms with Gasteiger partial charge in [-0.2, -0.15) is 0 Å². The standard InChI is InChI=1S/C26H40ClN3O2/c1-26(2,3)28-25(32)24-14-18-6-4-5-7-19(18)15-29(24)16-23(31)17-30(22-12-13-22)21-10-8-20(27)9-11-21/h8-11,18-19,22-24,31H,4-7,12-17H2,1-3H3,(H,28,32)/t18-,19+,23+,24-/m0/s1. The maximum atomic E-state index is 13.2. The van der Waals surface area contributed by atoms with Crippen LogP contribution in [0.3, 0.4) is 0 Å². The molecule has 2 saturated carbocycles. The fourth-order valence-electron chi connectivity index (χ4n) is 5.67. The van der Waals surface area contributed by atoms with E-state index in [9.17, 15) is 9.90 Å². The summed E-state index contributed by atoms with van der Waals surface area (Å²) in [5.74, 6) is 1.42. The maximum Gasteiger partial charge on any atom is 0.237 e. The van der Waals surface area contributed by atoms with E-state index in [-0.39, 0.29) is 17.5 Å². The molecule has 0 bridgehead atoms. The van der Waals surface area contributed by atoms with Gasteiger partial charge in [0.25, 0.3) is 0 Å². The zero-order valence-corrected chi connectivity index (χ0v) is 20.7. The van der Waals surface area contributed by atoms with Gasteiger partial charge in [-0.05, 0) is 82.6 Å². The van der Waals surface area contributed by atoms with Gasteiger partial charge in [-0.1, -0.05) is 30.9 Å². The minimum absolute atomic E-state index is 0.116. The van der Waals surface area contributed by atoms with Crippen molar-refractivity contribution in [3.8, 4) is 0 Å². The molecule has 0 aromatic heterocycles. The molecule has 1 aromatic carbocycles. The third kappa shape index (κ3) is 6.18. The number of hydrogen-bond acceptors (Lipinski definition) is 4. The number of anilines is 1. The minimum Gasteiger partial charge on any atom is -0.390 e. The van der Waals surface area contributed by atoms with Crippen molar-refractivity contribution < 1.29 is 9.90 Å². The third-order valence-corrected chi connectivity index (χ3v) is 7.55. The number of fused-ring (bicyclic) bond motifs is 1. The largest absolute Gasteiger partial charge is 0.390 e. The minimum atomic E-state index is -0.503. The summed E-state index contributed by atoms with van der Waals surface area (Å²) in [6.45, 7) is 8.17. The highest BCUT2D eigenvalue weighted by Crippen LogP contribution is 2.39. The third-order valence-electron chi connectivity index (χ3n) is 7.30. The summed E-state index contributed by atoms with van der Waals surface area (Å²) >= 11 is 6.08. The monoisotopic (exact) mass is 461 g/mol. The van der Waals surface area contributed by atoms with Crippen LogP contribution in [-0.2, 0) is 4.79 Å². The number of rotatable bonds is 7. The molecule has 0 spiro atoms. The Morgan fingerprint density at radius 1 is 1.16 bits per heavy atom. The van der Waals surface area contributed by atoms with Crippen molar-refractivity contribution in [1.29, 1.82) is 0 Å². The van der Waals surface area contributed by atoms with Crippen LogP contribution in [0.25, 0.3) is 0 Å². The SMILES string of the molecule is CC(C)(C)NC(=O)[C@@H]1C[C@@H]2CCCC[C@@H]2CN1C[C@@H](O)CN(c1ccc(Cl)cc1)C1CC1. The zero-order valence-electron chi connectivity index (χ0n) is 19.9. The van der Waals surface area contributed by atoms with Crippen molar-refractivity contribution in [2.24, 2.45) is 11.8 Å². The van der Waals surface area contributed by atoms with E-state index in [1.807, 2.05) is 45.0 Å². The van der Waals surface area contributed by atoms with Gasteiger partial charge in [0.05, 0.1) is 12.1 Å². The van der Waals surface area contributed by atoms with Crippen LogP contribution in [0.2, 0.25) is 5.02 Å². The summed E-state index contributed by atoms with van der Waals surface area (Å²) < 4.78 is 0. The molecule has 0 radical (unpaired) electrons. The second kappa shape index (κ2) is 9.90. The van der Waals surface area contributed by atoms with Crippen LogP contribution in [0.1, 0.15) is 65.7 Å². The lowest BCUT2D eigenvalue weighted by Gasteiger charge is -2.46. The number of amides is 1. The molecule has 2 N–H and O–H groups in total. The second-order valence-electron chi connectivity index (χ2n) is 11.3. The normalized spacial score (nSPS) is 27.5. The predicted octanol–water partition coefficient (Wildman–Crippen LogP) is 4.47. The molecule has 1 aliphatic heterocycles. The number of hydrogen-bond donors (Lipinski definition) is 2. The number of aliphatic hydroxyl groups excluding tert-OH is 1. The summed E-state index contributed by atoms with van der Waals surface area (Å²) in [7, 11) is 0. The van der Waals surface area contributed by atoms with Crippen LogP contribution in [-0.4, -0.2) is 59.3 Å². The summed E-state index contributed by atoms with van der Waals surface area (Å²) in [6, 6.07) is 8.27. The number of halogens is 1. The Morgan fingerprint density at radius 3 is 2.44 bits per heavy atom. The molecule has 6 heteroatoms. The molecular formula is C26H40ClN3O2. The molecule has 4 atom stereocenters. The Bertz CT molecular complexity index is 774. The topological polar surface area (TPSA) is 55.8 Å². The molecule has 32 heavy (non-hydrogen) atoms. The highest BCUT2D eigenvalue weighted by Gasteiger charge is 2.41. The highest BCUT2D eigenvalue weighted by atomic mass is 35.5. The van der Waals surface area contributed by atoms with Gasteiger partial charge in [0, 0.05) is 41.9 Å². The van der Waals surface area contributed by atoms with Gasteiger partial charge in [0.15, 0.2) is 0 Å².